The number of fused-ring (bicyclic) bond motifs is 1. The summed E-state index contributed by atoms with van der Waals surface area (Å²) in [6, 6.07) is 17.3. The van der Waals surface area contributed by atoms with Gasteiger partial charge in [-0.3, -0.25) is 0 Å². The van der Waals surface area contributed by atoms with Gasteiger partial charge in [-0.1, -0.05) is 49.4 Å². The van der Waals surface area contributed by atoms with Gasteiger partial charge in [-0.05, 0) is 30.0 Å². The lowest BCUT2D eigenvalue weighted by Crippen LogP contribution is -2.28. The van der Waals surface area contributed by atoms with Crippen molar-refractivity contribution in [3.8, 4) is 5.75 Å². The SMILES string of the molecule is CCc1ccc([C@@H]2C[C@H](c3ccccc3OC)n3ncnc3N2)cc1. The van der Waals surface area contributed by atoms with E-state index in [1.165, 1.54) is 11.1 Å². The molecule has 0 amide bonds. The fraction of sp³-hybridized carbons (Fsp3) is 0.300. The van der Waals surface area contributed by atoms with Crippen LogP contribution in [0.15, 0.2) is 54.9 Å². The van der Waals surface area contributed by atoms with E-state index in [9.17, 15) is 0 Å². The molecular formula is C20H22N4O. The zero-order valence-corrected chi connectivity index (χ0v) is 14.5. The predicted molar refractivity (Wildman–Crippen MR) is 98.0 cm³/mol. The second kappa shape index (κ2) is 6.59. The molecule has 128 valence electrons. The zero-order valence-electron chi connectivity index (χ0n) is 14.5. The Morgan fingerprint density at radius 1 is 1.16 bits per heavy atom. The molecule has 1 aliphatic heterocycles. The Morgan fingerprint density at radius 2 is 1.96 bits per heavy atom. The van der Waals surface area contributed by atoms with Gasteiger partial charge in [-0.15, -0.1) is 0 Å². The summed E-state index contributed by atoms with van der Waals surface area (Å²) in [5, 5.41) is 7.95. The Bertz CT molecular complexity index is 856. The van der Waals surface area contributed by atoms with E-state index in [2.05, 4.69) is 52.7 Å². The fourth-order valence-electron chi connectivity index (χ4n) is 3.52. The van der Waals surface area contributed by atoms with Crippen molar-refractivity contribution in [2.24, 2.45) is 0 Å². The van der Waals surface area contributed by atoms with Crippen molar-refractivity contribution in [3.05, 3.63) is 71.5 Å². The highest BCUT2D eigenvalue weighted by Gasteiger charge is 2.31. The van der Waals surface area contributed by atoms with Crippen LogP contribution < -0.4 is 10.1 Å². The summed E-state index contributed by atoms with van der Waals surface area (Å²) in [6.45, 7) is 2.17. The largest absolute Gasteiger partial charge is 0.496 e. The molecule has 1 aliphatic rings. The van der Waals surface area contributed by atoms with Gasteiger partial charge in [0.25, 0.3) is 0 Å². The Morgan fingerprint density at radius 3 is 2.72 bits per heavy atom. The van der Waals surface area contributed by atoms with E-state index < -0.39 is 0 Å². The number of anilines is 1. The van der Waals surface area contributed by atoms with E-state index in [4.69, 9.17) is 4.74 Å². The molecule has 0 aliphatic carbocycles. The van der Waals surface area contributed by atoms with Crippen molar-refractivity contribution in [2.75, 3.05) is 12.4 Å². The summed E-state index contributed by atoms with van der Waals surface area (Å²) in [7, 11) is 1.71. The number of nitrogens with one attached hydrogen (secondary N) is 1. The van der Waals surface area contributed by atoms with Gasteiger partial charge in [-0.2, -0.15) is 10.1 Å². The van der Waals surface area contributed by atoms with Gasteiger partial charge in [-0.25, -0.2) is 4.68 Å². The van der Waals surface area contributed by atoms with Gasteiger partial charge in [0.1, 0.15) is 12.1 Å². The van der Waals surface area contributed by atoms with Crippen molar-refractivity contribution in [1.29, 1.82) is 0 Å². The first kappa shape index (κ1) is 15.7. The minimum Gasteiger partial charge on any atom is -0.496 e. The summed E-state index contributed by atoms with van der Waals surface area (Å²) in [5.41, 5.74) is 3.75. The Balaban J connectivity index is 1.72. The van der Waals surface area contributed by atoms with Crippen LogP contribution in [0.1, 0.15) is 42.1 Å². The topological polar surface area (TPSA) is 52.0 Å². The molecule has 0 unspecified atom stereocenters. The highest BCUT2D eigenvalue weighted by Crippen LogP contribution is 2.40. The van der Waals surface area contributed by atoms with E-state index in [0.29, 0.717) is 0 Å². The number of aromatic nitrogens is 3. The van der Waals surface area contributed by atoms with Crippen molar-refractivity contribution >= 4 is 5.95 Å². The van der Waals surface area contributed by atoms with Gasteiger partial charge >= 0.3 is 0 Å². The van der Waals surface area contributed by atoms with Crippen molar-refractivity contribution in [3.63, 3.8) is 0 Å². The van der Waals surface area contributed by atoms with Crippen LogP contribution in [0.5, 0.6) is 5.75 Å². The number of ether oxygens (including phenoxy) is 1. The van der Waals surface area contributed by atoms with Crippen molar-refractivity contribution in [2.45, 2.75) is 31.8 Å². The summed E-state index contributed by atoms with van der Waals surface area (Å²) in [6.07, 6.45) is 3.55. The molecule has 1 aromatic heterocycles. The zero-order chi connectivity index (χ0) is 17.2. The van der Waals surface area contributed by atoms with Gasteiger partial charge in [0.05, 0.1) is 19.2 Å². The maximum absolute atomic E-state index is 5.58. The first-order valence-electron chi connectivity index (χ1n) is 8.68. The normalized spacial score (nSPS) is 19.1. The van der Waals surface area contributed by atoms with E-state index in [1.807, 2.05) is 22.9 Å². The number of benzene rings is 2. The molecule has 5 nitrogen and oxygen atoms in total. The van der Waals surface area contributed by atoms with E-state index in [-0.39, 0.29) is 12.1 Å². The van der Waals surface area contributed by atoms with Crippen LogP contribution in [-0.2, 0) is 6.42 Å². The van der Waals surface area contributed by atoms with E-state index >= 15 is 0 Å². The summed E-state index contributed by atoms with van der Waals surface area (Å²) in [5.74, 6) is 1.68. The average Bonchev–Trinajstić information content (AvgIpc) is 3.16. The monoisotopic (exact) mass is 334 g/mol. The molecule has 1 N–H and O–H groups in total. The minimum atomic E-state index is 0.0887. The third-order valence-electron chi connectivity index (χ3n) is 4.92. The highest BCUT2D eigenvalue weighted by atomic mass is 16.5. The molecule has 0 fully saturated rings. The predicted octanol–water partition coefficient (Wildman–Crippen LogP) is 4.00. The van der Waals surface area contributed by atoms with Crippen LogP contribution >= 0.6 is 0 Å². The molecule has 5 heteroatoms. The minimum absolute atomic E-state index is 0.0887. The molecule has 0 radical (unpaired) electrons. The highest BCUT2D eigenvalue weighted by molar-refractivity contribution is 5.42. The molecule has 2 aromatic carbocycles. The molecule has 4 rings (SSSR count). The number of aryl methyl sites for hydroxylation is 1. The van der Waals surface area contributed by atoms with Gasteiger partial charge < -0.3 is 10.1 Å². The standard InChI is InChI=1S/C20H22N4O/c1-3-14-8-10-15(11-9-14)17-12-18(24-20(23-17)21-13-22-24)16-6-4-5-7-19(16)25-2/h4-11,13,17-18H,3,12H2,1-2H3,(H,21,22,23)/t17-,18+/m0/s1. The lowest BCUT2D eigenvalue weighted by atomic mass is 9.92. The molecule has 0 bridgehead atoms. The molecule has 25 heavy (non-hydrogen) atoms. The Kier molecular flexibility index (Phi) is 4.14. The Labute approximate surface area is 147 Å². The molecule has 0 saturated carbocycles. The third-order valence-corrected chi connectivity index (χ3v) is 4.92. The van der Waals surface area contributed by atoms with Crippen molar-refractivity contribution in [1.82, 2.24) is 14.8 Å². The van der Waals surface area contributed by atoms with Crippen LogP contribution in [0.3, 0.4) is 0 Å². The molecular weight excluding hydrogens is 312 g/mol. The summed E-state index contributed by atoms with van der Waals surface area (Å²) >= 11 is 0. The van der Waals surface area contributed by atoms with Gasteiger partial charge in [0, 0.05) is 5.56 Å². The number of para-hydroxylation sites is 1. The van der Waals surface area contributed by atoms with Crippen LogP contribution in [0.2, 0.25) is 0 Å². The van der Waals surface area contributed by atoms with Crippen LogP contribution in [-0.4, -0.2) is 21.9 Å². The first-order valence-corrected chi connectivity index (χ1v) is 8.68. The molecule has 0 spiro atoms. The third kappa shape index (κ3) is 2.86. The van der Waals surface area contributed by atoms with Gasteiger partial charge in [0.15, 0.2) is 0 Å². The molecule has 0 saturated heterocycles. The van der Waals surface area contributed by atoms with Crippen LogP contribution in [0, 0.1) is 0 Å². The fourth-order valence-corrected chi connectivity index (χ4v) is 3.52. The number of methoxy groups -OCH3 is 1. The maximum Gasteiger partial charge on any atom is 0.222 e. The first-order chi connectivity index (χ1) is 12.3. The van der Waals surface area contributed by atoms with Crippen LogP contribution in [0.25, 0.3) is 0 Å². The second-order valence-electron chi connectivity index (χ2n) is 6.31. The summed E-state index contributed by atoms with van der Waals surface area (Å²) in [4.78, 5) is 4.40. The Hall–Kier alpha value is -2.82. The molecule has 2 heterocycles. The number of hydrogen-bond acceptors (Lipinski definition) is 4. The lowest BCUT2D eigenvalue weighted by molar-refractivity contribution is 0.380. The van der Waals surface area contributed by atoms with Crippen LogP contribution in [0.4, 0.5) is 5.95 Å². The quantitative estimate of drug-likeness (QED) is 0.784. The van der Waals surface area contributed by atoms with Crippen molar-refractivity contribution < 1.29 is 4.74 Å². The molecule has 3 aromatic rings. The second-order valence-corrected chi connectivity index (χ2v) is 6.31. The number of hydrogen-bond donors (Lipinski definition) is 1. The van der Waals surface area contributed by atoms with E-state index in [1.54, 1.807) is 13.4 Å². The molecule has 2 atom stereocenters. The lowest BCUT2D eigenvalue weighted by Gasteiger charge is -2.32. The maximum atomic E-state index is 5.58. The van der Waals surface area contributed by atoms with E-state index in [0.717, 1.165) is 30.1 Å². The summed E-state index contributed by atoms with van der Waals surface area (Å²) < 4.78 is 7.53. The number of nitrogens with zero attached hydrogens (tertiary/aromatic N) is 3. The smallest absolute Gasteiger partial charge is 0.222 e. The number of rotatable bonds is 4. The average molecular weight is 334 g/mol. The van der Waals surface area contributed by atoms with Gasteiger partial charge in [0.2, 0.25) is 5.95 Å².